The van der Waals surface area contributed by atoms with Crippen LogP contribution in [-0.2, 0) is 4.79 Å². The Morgan fingerprint density at radius 3 is 2.70 bits per heavy atom. The molecule has 0 radical (unpaired) electrons. The summed E-state index contributed by atoms with van der Waals surface area (Å²) in [5.74, 6) is -0.450. The van der Waals surface area contributed by atoms with Crippen LogP contribution in [0.5, 0.6) is 0 Å². The van der Waals surface area contributed by atoms with Gasteiger partial charge in [-0.05, 0) is 44.0 Å². The number of hydrogen-bond donors (Lipinski definition) is 3. The summed E-state index contributed by atoms with van der Waals surface area (Å²) in [4.78, 5) is 12.0. The first-order chi connectivity index (χ1) is 9.01. The predicted molar refractivity (Wildman–Crippen MR) is 77.3 cm³/mol. The van der Waals surface area contributed by atoms with Gasteiger partial charge in [0.2, 0.25) is 5.91 Å². The fourth-order valence-electron chi connectivity index (χ4n) is 2.28. The molecule has 4 nitrogen and oxygen atoms in total. The molecule has 0 aromatic heterocycles. The van der Waals surface area contributed by atoms with Crippen LogP contribution in [0, 0.1) is 5.82 Å². The van der Waals surface area contributed by atoms with E-state index in [-0.39, 0.29) is 30.7 Å². The van der Waals surface area contributed by atoms with E-state index in [2.05, 4.69) is 10.6 Å². The van der Waals surface area contributed by atoms with Gasteiger partial charge in [0.1, 0.15) is 5.82 Å². The van der Waals surface area contributed by atoms with Crippen molar-refractivity contribution in [2.75, 3.05) is 13.1 Å². The summed E-state index contributed by atoms with van der Waals surface area (Å²) in [5.41, 5.74) is 0.0499. The van der Waals surface area contributed by atoms with Crippen molar-refractivity contribution in [2.45, 2.75) is 31.4 Å². The van der Waals surface area contributed by atoms with E-state index >= 15 is 0 Å². The van der Waals surface area contributed by atoms with Gasteiger partial charge in [0.25, 0.3) is 0 Å². The zero-order valence-corrected chi connectivity index (χ0v) is 12.2. The van der Waals surface area contributed by atoms with E-state index in [0.717, 1.165) is 19.4 Å². The molecule has 1 amide bonds. The van der Waals surface area contributed by atoms with Gasteiger partial charge in [0, 0.05) is 6.54 Å². The number of nitrogens with one attached hydrogen (secondary N) is 2. The Balaban J connectivity index is 0.00000200. The third kappa shape index (κ3) is 3.91. The van der Waals surface area contributed by atoms with E-state index in [1.54, 1.807) is 0 Å². The summed E-state index contributed by atoms with van der Waals surface area (Å²) in [5, 5.41) is 15.8. The van der Waals surface area contributed by atoms with Crippen molar-refractivity contribution in [3.63, 3.8) is 0 Å². The fourth-order valence-corrected chi connectivity index (χ4v) is 2.28. The van der Waals surface area contributed by atoms with Gasteiger partial charge in [-0.1, -0.05) is 12.1 Å². The second-order valence-electron chi connectivity index (χ2n) is 5.14. The molecule has 1 saturated heterocycles. The van der Waals surface area contributed by atoms with E-state index in [0.29, 0.717) is 5.56 Å². The van der Waals surface area contributed by atoms with Crippen molar-refractivity contribution in [3.05, 3.63) is 35.6 Å². The minimum absolute atomic E-state index is 0. The molecule has 3 N–H and O–H groups in total. The number of halogens is 2. The lowest BCUT2D eigenvalue weighted by Gasteiger charge is -2.24. The Bertz CT molecular complexity index is 447. The molecule has 2 rings (SSSR count). The van der Waals surface area contributed by atoms with E-state index in [1.165, 1.54) is 24.3 Å². The van der Waals surface area contributed by atoms with Crippen LogP contribution in [0.1, 0.15) is 31.4 Å². The molecule has 0 aliphatic carbocycles. The SMILES string of the molecule is CC1(C(=O)NCC(O)c2ccc(F)cc2)CCCN1.Cl. The molecule has 1 aliphatic heterocycles. The number of aliphatic hydroxyl groups is 1. The Hall–Kier alpha value is -1.17. The molecule has 1 aromatic carbocycles. The van der Waals surface area contributed by atoms with E-state index in [1.807, 2.05) is 6.92 Å². The predicted octanol–water partition coefficient (Wildman–Crippen LogP) is 1.54. The van der Waals surface area contributed by atoms with Gasteiger partial charge in [-0.25, -0.2) is 4.39 Å². The first kappa shape index (κ1) is 16.9. The second kappa shape index (κ2) is 7.02. The smallest absolute Gasteiger partial charge is 0.240 e. The Kier molecular flexibility index (Phi) is 5.92. The lowest BCUT2D eigenvalue weighted by Crippen LogP contribution is -2.51. The zero-order valence-electron chi connectivity index (χ0n) is 11.4. The minimum atomic E-state index is -0.824. The molecule has 0 spiro atoms. The molecule has 6 heteroatoms. The van der Waals surface area contributed by atoms with Crippen molar-refractivity contribution in [2.24, 2.45) is 0 Å². The van der Waals surface area contributed by atoms with Crippen LogP contribution in [0.15, 0.2) is 24.3 Å². The number of amides is 1. The molecule has 1 heterocycles. The highest BCUT2D eigenvalue weighted by Gasteiger charge is 2.35. The van der Waals surface area contributed by atoms with Crippen LogP contribution in [0.4, 0.5) is 4.39 Å². The van der Waals surface area contributed by atoms with Crippen molar-refractivity contribution in [3.8, 4) is 0 Å². The van der Waals surface area contributed by atoms with Crippen LogP contribution in [0.3, 0.4) is 0 Å². The topological polar surface area (TPSA) is 61.4 Å². The number of carbonyl (C=O) groups excluding carboxylic acids is 1. The Labute approximate surface area is 124 Å². The molecule has 2 unspecified atom stereocenters. The number of rotatable bonds is 4. The van der Waals surface area contributed by atoms with Gasteiger partial charge in [-0.15, -0.1) is 12.4 Å². The van der Waals surface area contributed by atoms with Gasteiger partial charge in [0.05, 0.1) is 11.6 Å². The van der Waals surface area contributed by atoms with Crippen molar-refractivity contribution >= 4 is 18.3 Å². The van der Waals surface area contributed by atoms with Crippen molar-refractivity contribution < 1.29 is 14.3 Å². The molecule has 0 bridgehead atoms. The molecule has 2 atom stereocenters. The second-order valence-corrected chi connectivity index (χ2v) is 5.14. The number of benzene rings is 1. The van der Waals surface area contributed by atoms with Gasteiger partial charge in [-0.3, -0.25) is 4.79 Å². The standard InChI is InChI=1S/C14H19FN2O2.ClH/c1-14(7-2-8-17-14)13(19)16-9-12(18)10-3-5-11(15)6-4-10;/h3-6,12,17-18H,2,7-9H2,1H3,(H,16,19);1H. The Morgan fingerprint density at radius 2 is 2.15 bits per heavy atom. The molecule has 20 heavy (non-hydrogen) atoms. The van der Waals surface area contributed by atoms with Crippen LogP contribution < -0.4 is 10.6 Å². The average molecular weight is 303 g/mol. The monoisotopic (exact) mass is 302 g/mol. The first-order valence-electron chi connectivity index (χ1n) is 6.48. The summed E-state index contributed by atoms with van der Waals surface area (Å²) in [6, 6.07) is 5.61. The molecule has 1 aromatic rings. The third-order valence-corrected chi connectivity index (χ3v) is 3.58. The third-order valence-electron chi connectivity index (χ3n) is 3.58. The van der Waals surface area contributed by atoms with Gasteiger partial charge >= 0.3 is 0 Å². The van der Waals surface area contributed by atoms with Crippen LogP contribution in [-0.4, -0.2) is 29.6 Å². The number of aliphatic hydroxyl groups excluding tert-OH is 1. The molecular weight excluding hydrogens is 283 g/mol. The maximum Gasteiger partial charge on any atom is 0.240 e. The molecular formula is C14H20ClFN2O2. The highest BCUT2D eigenvalue weighted by Crippen LogP contribution is 2.19. The maximum absolute atomic E-state index is 12.8. The maximum atomic E-state index is 12.8. The summed E-state index contributed by atoms with van der Waals surface area (Å²) in [7, 11) is 0. The highest BCUT2D eigenvalue weighted by molar-refractivity contribution is 5.86. The quantitative estimate of drug-likeness (QED) is 0.790. The van der Waals surface area contributed by atoms with E-state index in [4.69, 9.17) is 0 Å². The van der Waals surface area contributed by atoms with Crippen molar-refractivity contribution in [1.29, 1.82) is 0 Å². The highest BCUT2D eigenvalue weighted by atomic mass is 35.5. The largest absolute Gasteiger partial charge is 0.387 e. The molecule has 1 fully saturated rings. The van der Waals surface area contributed by atoms with Crippen LogP contribution in [0.2, 0.25) is 0 Å². The normalized spacial score (nSPS) is 22.9. The van der Waals surface area contributed by atoms with E-state index < -0.39 is 11.6 Å². The summed E-state index contributed by atoms with van der Waals surface area (Å²) >= 11 is 0. The number of hydrogen-bond acceptors (Lipinski definition) is 3. The summed E-state index contributed by atoms with van der Waals surface area (Å²) in [6.07, 6.45) is 0.949. The Morgan fingerprint density at radius 1 is 1.50 bits per heavy atom. The average Bonchev–Trinajstić information content (AvgIpc) is 2.84. The fraction of sp³-hybridized carbons (Fsp3) is 0.500. The summed E-state index contributed by atoms with van der Waals surface area (Å²) in [6.45, 7) is 2.83. The lowest BCUT2D eigenvalue weighted by atomic mass is 9.99. The molecule has 0 saturated carbocycles. The van der Waals surface area contributed by atoms with Gasteiger partial charge in [-0.2, -0.15) is 0 Å². The van der Waals surface area contributed by atoms with Crippen LogP contribution in [0.25, 0.3) is 0 Å². The number of carbonyl (C=O) groups is 1. The van der Waals surface area contributed by atoms with Gasteiger partial charge in [0.15, 0.2) is 0 Å². The minimum Gasteiger partial charge on any atom is -0.387 e. The first-order valence-corrected chi connectivity index (χ1v) is 6.48. The zero-order chi connectivity index (χ0) is 13.9. The lowest BCUT2D eigenvalue weighted by molar-refractivity contribution is -0.127. The molecule has 1 aliphatic rings. The molecule has 112 valence electrons. The summed E-state index contributed by atoms with van der Waals surface area (Å²) < 4.78 is 12.8. The van der Waals surface area contributed by atoms with Gasteiger partial charge < -0.3 is 15.7 Å². The van der Waals surface area contributed by atoms with E-state index in [9.17, 15) is 14.3 Å². The van der Waals surface area contributed by atoms with Crippen molar-refractivity contribution in [1.82, 2.24) is 10.6 Å². The van der Waals surface area contributed by atoms with Crippen LogP contribution >= 0.6 is 12.4 Å².